The van der Waals surface area contributed by atoms with Crippen LogP contribution < -0.4 is 17.2 Å². The number of nitrogens with two attached hydrogens (primary N) is 3. The van der Waals surface area contributed by atoms with E-state index in [9.17, 15) is 24.0 Å². The smallest absolute Gasteiger partial charge is 0.335 e. The van der Waals surface area contributed by atoms with Gasteiger partial charge in [-0.05, 0) is 0 Å². The summed E-state index contributed by atoms with van der Waals surface area (Å²) in [6, 6.07) is 0. The number of hydrogen-bond acceptors (Lipinski definition) is 10. The van der Waals surface area contributed by atoms with Gasteiger partial charge in [0.05, 0.1) is 19.6 Å². The highest BCUT2D eigenvalue weighted by molar-refractivity contribution is 5.83. The Labute approximate surface area is 139 Å². The number of aliphatic hydroxyl groups excluding tert-OH is 2. The van der Waals surface area contributed by atoms with Gasteiger partial charge in [-0.2, -0.15) is 0 Å². The van der Waals surface area contributed by atoms with Crippen LogP contribution in [0.3, 0.4) is 0 Å². The normalized spacial score (nSPS) is 10.8. The molecule has 0 aromatic rings. The summed E-state index contributed by atoms with van der Waals surface area (Å²) in [5.41, 5.74) is 13.7. The number of hydrogen-bond donors (Lipinski definition) is 10. The van der Waals surface area contributed by atoms with Crippen LogP contribution in [-0.2, 0) is 24.0 Å². The molecule has 0 radical (unpaired) electrons. The summed E-state index contributed by atoms with van der Waals surface area (Å²) < 4.78 is 0. The second-order valence-electron chi connectivity index (χ2n) is 3.36. The highest BCUT2D eigenvalue weighted by Gasteiger charge is 2.29. The second kappa shape index (κ2) is 19.2. The quantitative estimate of drug-likeness (QED) is 0.207. The minimum absolute atomic E-state index is 0.278. The Kier molecular flexibility index (Phi) is 23.1. The van der Waals surface area contributed by atoms with Crippen molar-refractivity contribution in [3.8, 4) is 0 Å². The Hall–Kier alpha value is -2.85. The number of rotatable bonds is 6. The number of carbonyl (C=O) groups is 5. The molecule has 0 aromatic heterocycles. The minimum atomic E-state index is -2.27. The van der Waals surface area contributed by atoms with Gasteiger partial charge >= 0.3 is 29.8 Å². The van der Waals surface area contributed by atoms with Gasteiger partial charge in [-0.25, -0.2) is 9.59 Å². The number of carboxylic acid groups (broad SMARTS) is 5. The van der Waals surface area contributed by atoms with Gasteiger partial charge in [0.2, 0.25) is 0 Å². The largest absolute Gasteiger partial charge is 0.480 e. The maximum Gasteiger partial charge on any atom is 0.335 e. The molecule has 148 valence electrons. The molecule has 13 N–H and O–H groups in total. The van der Waals surface area contributed by atoms with E-state index in [1.807, 2.05) is 0 Å². The van der Waals surface area contributed by atoms with Crippen molar-refractivity contribution in [3.63, 3.8) is 0 Å². The molecule has 0 aliphatic rings. The van der Waals surface area contributed by atoms with Crippen molar-refractivity contribution in [2.45, 2.75) is 12.2 Å². The SMILES string of the molecule is NCC(=O)O.NCC(=O)O.NCC(=O)O.O=C(O)C(O)C(O)C(=O)O. The summed E-state index contributed by atoms with van der Waals surface area (Å²) in [5, 5.41) is 55.3. The molecule has 0 heterocycles. The summed E-state index contributed by atoms with van der Waals surface area (Å²) in [4.78, 5) is 47.3. The van der Waals surface area contributed by atoms with Crippen LogP contribution in [0.5, 0.6) is 0 Å². The summed E-state index contributed by atoms with van der Waals surface area (Å²) in [6.07, 6.45) is -4.53. The molecule has 25 heavy (non-hydrogen) atoms. The first-order valence-corrected chi connectivity index (χ1v) is 5.85. The van der Waals surface area contributed by atoms with Crippen LogP contribution in [0.1, 0.15) is 0 Å². The van der Waals surface area contributed by atoms with E-state index in [1.54, 1.807) is 0 Å². The lowest BCUT2D eigenvalue weighted by molar-refractivity contribution is -0.165. The van der Waals surface area contributed by atoms with E-state index >= 15 is 0 Å². The van der Waals surface area contributed by atoms with E-state index in [4.69, 9.17) is 35.7 Å². The average molecular weight is 375 g/mol. The number of carboxylic acids is 5. The first kappa shape index (κ1) is 30.1. The third-order valence-electron chi connectivity index (χ3n) is 1.33. The van der Waals surface area contributed by atoms with Crippen LogP contribution in [0.25, 0.3) is 0 Å². The zero-order chi connectivity index (χ0) is 21.2. The Bertz CT molecular complexity index is 376. The predicted octanol–water partition coefficient (Wildman–Crippen LogP) is -5.03. The number of aliphatic carboxylic acids is 5. The maximum absolute atomic E-state index is 9.77. The van der Waals surface area contributed by atoms with Gasteiger partial charge in [-0.1, -0.05) is 0 Å². The zero-order valence-electron chi connectivity index (χ0n) is 12.7. The summed E-state index contributed by atoms with van der Waals surface area (Å²) >= 11 is 0. The van der Waals surface area contributed by atoms with Gasteiger partial charge in [0.1, 0.15) is 0 Å². The van der Waals surface area contributed by atoms with Crippen molar-refractivity contribution >= 4 is 29.8 Å². The fourth-order valence-electron chi connectivity index (χ4n) is 0.270. The molecule has 0 aromatic carbocycles. The Morgan fingerprint density at radius 1 is 0.560 bits per heavy atom. The molecule has 0 spiro atoms. The highest BCUT2D eigenvalue weighted by Crippen LogP contribution is 1.92. The molecule has 15 nitrogen and oxygen atoms in total. The lowest BCUT2D eigenvalue weighted by atomic mass is 10.2. The molecule has 0 amide bonds. The Morgan fingerprint density at radius 2 is 0.680 bits per heavy atom. The van der Waals surface area contributed by atoms with E-state index < -0.39 is 42.1 Å². The van der Waals surface area contributed by atoms with Gasteiger partial charge in [-0.3, -0.25) is 14.4 Å². The Morgan fingerprint density at radius 3 is 0.720 bits per heavy atom. The molecule has 0 saturated carbocycles. The van der Waals surface area contributed by atoms with Crippen LogP contribution in [-0.4, -0.2) is 97.4 Å². The number of aliphatic hydroxyl groups is 2. The van der Waals surface area contributed by atoms with E-state index in [1.165, 1.54) is 0 Å². The molecule has 2 unspecified atom stereocenters. The van der Waals surface area contributed by atoms with Crippen LogP contribution in [0.2, 0.25) is 0 Å². The minimum Gasteiger partial charge on any atom is -0.480 e. The molecular weight excluding hydrogens is 354 g/mol. The van der Waals surface area contributed by atoms with Crippen molar-refractivity contribution in [1.29, 1.82) is 0 Å². The molecule has 15 heteroatoms. The van der Waals surface area contributed by atoms with Crippen LogP contribution in [0, 0.1) is 0 Å². The van der Waals surface area contributed by atoms with Gasteiger partial charge in [-0.15, -0.1) is 0 Å². The fourth-order valence-corrected chi connectivity index (χ4v) is 0.270. The van der Waals surface area contributed by atoms with E-state index in [0.29, 0.717) is 0 Å². The first-order valence-electron chi connectivity index (χ1n) is 5.85. The average Bonchev–Trinajstić information content (AvgIpc) is 2.54. The van der Waals surface area contributed by atoms with E-state index in [0.717, 1.165) is 0 Å². The van der Waals surface area contributed by atoms with Crippen LogP contribution in [0.4, 0.5) is 0 Å². The van der Waals surface area contributed by atoms with E-state index in [-0.39, 0.29) is 19.6 Å². The van der Waals surface area contributed by atoms with Gasteiger partial charge in [0.25, 0.3) is 0 Å². The van der Waals surface area contributed by atoms with Crippen molar-refractivity contribution in [1.82, 2.24) is 0 Å². The van der Waals surface area contributed by atoms with Crippen molar-refractivity contribution in [2.24, 2.45) is 17.2 Å². The van der Waals surface area contributed by atoms with Crippen molar-refractivity contribution in [3.05, 3.63) is 0 Å². The van der Waals surface area contributed by atoms with Crippen molar-refractivity contribution < 1.29 is 59.7 Å². The standard InChI is InChI=1S/C4H6O6.3C2H5NO2/c5-1(3(7)8)2(6)4(9)10;3*3-1-2(4)5/h1-2,5-6H,(H,7,8)(H,9,10);3*1,3H2,(H,4,5). The molecule has 0 fully saturated rings. The van der Waals surface area contributed by atoms with Crippen LogP contribution in [0.15, 0.2) is 0 Å². The molecule has 2 atom stereocenters. The van der Waals surface area contributed by atoms with Gasteiger partial charge in [0, 0.05) is 0 Å². The molecular formula is C10H21N3O12. The maximum atomic E-state index is 9.77. The molecule has 0 aliphatic carbocycles. The second-order valence-corrected chi connectivity index (χ2v) is 3.36. The third-order valence-corrected chi connectivity index (χ3v) is 1.33. The van der Waals surface area contributed by atoms with Crippen LogP contribution >= 0.6 is 0 Å². The Balaban J connectivity index is -0.000000126. The van der Waals surface area contributed by atoms with E-state index in [2.05, 4.69) is 17.2 Å². The molecule has 0 saturated heterocycles. The van der Waals surface area contributed by atoms with Gasteiger partial charge in [0.15, 0.2) is 12.2 Å². The topological polar surface area (TPSA) is 305 Å². The summed E-state index contributed by atoms with van der Waals surface area (Å²) in [6.45, 7) is -0.833. The summed E-state index contributed by atoms with van der Waals surface area (Å²) in [5.74, 6) is -6.44. The third kappa shape index (κ3) is 33.8. The monoisotopic (exact) mass is 375 g/mol. The fraction of sp³-hybridized carbons (Fsp3) is 0.500. The summed E-state index contributed by atoms with van der Waals surface area (Å²) in [7, 11) is 0. The predicted molar refractivity (Wildman–Crippen MR) is 77.4 cm³/mol. The molecule has 0 rings (SSSR count). The first-order chi connectivity index (χ1) is 11.3. The molecule has 0 aliphatic heterocycles. The lowest BCUT2D eigenvalue weighted by Gasteiger charge is -2.07. The van der Waals surface area contributed by atoms with Crippen molar-refractivity contribution in [2.75, 3.05) is 19.6 Å². The molecule has 0 bridgehead atoms. The van der Waals surface area contributed by atoms with Gasteiger partial charge < -0.3 is 52.9 Å². The highest BCUT2D eigenvalue weighted by atomic mass is 16.4. The zero-order valence-corrected chi connectivity index (χ0v) is 12.7. The lowest BCUT2D eigenvalue weighted by Crippen LogP contribution is -2.39.